The summed E-state index contributed by atoms with van der Waals surface area (Å²) in [5.74, 6) is -0.528. The lowest BCUT2D eigenvalue weighted by Crippen LogP contribution is -2.29. The van der Waals surface area contributed by atoms with E-state index in [1.807, 2.05) is 0 Å². The molecule has 0 radical (unpaired) electrons. The first-order valence-corrected chi connectivity index (χ1v) is 10.3. The first-order valence-electron chi connectivity index (χ1n) is 8.43. The zero-order valence-electron chi connectivity index (χ0n) is 15.7. The van der Waals surface area contributed by atoms with Crippen molar-refractivity contribution in [1.29, 1.82) is 0 Å². The van der Waals surface area contributed by atoms with Crippen LogP contribution in [0.3, 0.4) is 0 Å². The van der Waals surface area contributed by atoms with Crippen molar-refractivity contribution in [3.63, 3.8) is 0 Å². The molecule has 0 saturated heterocycles. The van der Waals surface area contributed by atoms with E-state index in [0.717, 1.165) is 18.4 Å². The van der Waals surface area contributed by atoms with Crippen molar-refractivity contribution in [2.75, 3.05) is 6.26 Å². The van der Waals surface area contributed by atoms with Crippen LogP contribution in [0.2, 0.25) is 0 Å². The minimum absolute atomic E-state index is 0.112. The van der Waals surface area contributed by atoms with Crippen LogP contribution in [0.5, 0.6) is 5.75 Å². The average molecular weight is 426 g/mol. The van der Waals surface area contributed by atoms with E-state index in [1.165, 1.54) is 36.4 Å². The van der Waals surface area contributed by atoms with E-state index in [2.05, 4.69) is 4.74 Å². The van der Waals surface area contributed by atoms with Crippen molar-refractivity contribution in [3.05, 3.63) is 59.7 Å². The Hall–Kier alpha value is -2.81. The van der Waals surface area contributed by atoms with Crippen molar-refractivity contribution in [2.24, 2.45) is 0 Å². The number of carbonyl (C=O) groups excluding carboxylic acids is 1. The van der Waals surface area contributed by atoms with Crippen molar-refractivity contribution in [3.8, 4) is 5.75 Å². The molecule has 29 heavy (non-hydrogen) atoms. The van der Waals surface area contributed by atoms with Gasteiger partial charge in [-0.3, -0.25) is 4.79 Å². The molecule has 0 spiro atoms. The minimum Gasteiger partial charge on any atom is -0.478 e. The topological polar surface area (TPSA) is 69.7 Å². The fourth-order valence-electron chi connectivity index (χ4n) is 2.90. The minimum atomic E-state index is -4.82. The molecule has 0 N–H and O–H groups in total. The van der Waals surface area contributed by atoms with Gasteiger partial charge >= 0.3 is 6.36 Å². The second-order valence-corrected chi connectivity index (χ2v) is 9.03. The van der Waals surface area contributed by atoms with Crippen molar-refractivity contribution < 1.29 is 35.9 Å². The van der Waals surface area contributed by atoms with Crippen LogP contribution in [0.4, 0.5) is 13.2 Å². The van der Waals surface area contributed by atoms with Gasteiger partial charge in [-0.25, -0.2) is 8.42 Å². The highest BCUT2D eigenvalue weighted by Crippen LogP contribution is 2.41. The summed E-state index contributed by atoms with van der Waals surface area (Å²) in [4.78, 5) is 13.0. The van der Waals surface area contributed by atoms with E-state index in [0.29, 0.717) is 11.1 Å². The lowest BCUT2D eigenvalue weighted by atomic mass is 9.92. The number of sulfone groups is 1. The van der Waals surface area contributed by atoms with Crippen molar-refractivity contribution >= 4 is 27.0 Å². The Balaban J connectivity index is 2.06. The van der Waals surface area contributed by atoms with E-state index in [4.69, 9.17) is 4.74 Å². The number of ether oxygens (including phenoxy) is 2. The Morgan fingerprint density at radius 1 is 0.931 bits per heavy atom. The average Bonchev–Trinajstić information content (AvgIpc) is 2.84. The summed E-state index contributed by atoms with van der Waals surface area (Å²) in [6, 6.07) is 10.7. The number of rotatable bonds is 4. The highest BCUT2D eigenvalue weighted by Gasteiger charge is 2.43. The smallest absolute Gasteiger partial charge is 0.478 e. The van der Waals surface area contributed by atoms with Crippen LogP contribution in [-0.2, 0) is 19.4 Å². The second kappa shape index (κ2) is 6.91. The molecule has 154 valence electrons. The summed E-state index contributed by atoms with van der Waals surface area (Å²) < 4.78 is 70.0. The van der Waals surface area contributed by atoms with E-state index >= 15 is 0 Å². The van der Waals surface area contributed by atoms with Crippen LogP contribution in [0.1, 0.15) is 25.0 Å². The van der Waals surface area contributed by atoms with E-state index in [1.54, 1.807) is 13.8 Å². The molecule has 9 heteroatoms. The number of carbonyl (C=O) groups is 1. The molecule has 1 aliphatic rings. The van der Waals surface area contributed by atoms with Crippen LogP contribution >= 0.6 is 0 Å². The summed E-state index contributed by atoms with van der Waals surface area (Å²) in [5.41, 5.74) is -0.152. The molecule has 1 heterocycles. The maximum absolute atomic E-state index is 12.9. The molecule has 0 saturated carbocycles. The van der Waals surface area contributed by atoms with E-state index in [-0.39, 0.29) is 22.0 Å². The Bertz CT molecular complexity index is 1080. The second-order valence-electron chi connectivity index (χ2n) is 7.01. The van der Waals surface area contributed by atoms with Crippen LogP contribution in [0.25, 0.3) is 11.3 Å². The summed E-state index contributed by atoms with van der Waals surface area (Å²) in [6.07, 6.45) is -3.74. The Kier molecular flexibility index (Phi) is 4.98. The molecule has 0 atom stereocenters. The molecule has 5 nitrogen and oxygen atoms in total. The number of alkyl halides is 3. The molecule has 2 aromatic carbocycles. The summed E-state index contributed by atoms with van der Waals surface area (Å²) in [6.45, 7) is 3.16. The van der Waals surface area contributed by atoms with Crippen LogP contribution in [0.15, 0.2) is 53.4 Å². The van der Waals surface area contributed by atoms with Gasteiger partial charge in [-0.2, -0.15) is 0 Å². The normalized spacial score (nSPS) is 16.7. The van der Waals surface area contributed by atoms with Gasteiger partial charge in [0.1, 0.15) is 11.5 Å². The molecule has 0 unspecified atom stereocenters. The van der Waals surface area contributed by atoms with Crippen LogP contribution in [0, 0.1) is 0 Å². The molecule has 0 amide bonds. The van der Waals surface area contributed by atoms with Gasteiger partial charge < -0.3 is 9.47 Å². The number of Topliss-reactive ketones (excluding diaryl/α,β-unsaturated/α-hetero) is 1. The van der Waals surface area contributed by atoms with E-state index < -0.39 is 27.6 Å². The molecule has 0 aliphatic carbocycles. The number of benzene rings is 2. The largest absolute Gasteiger partial charge is 0.573 e. The van der Waals surface area contributed by atoms with Gasteiger partial charge in [0.15, 0.2) is 15.4 Å². The number of hydrogen-bond acceptors (Lipinski definition) is 5. The first-order chi connectivity index (χ1) is 13.3. The van der Waals surface area contributed by atoms with Gasteiger partial charge in [-0.05, 0) is 55.8 Å². The third-order valence-electron chi connectivity index (χ3n) is 4.28. The van der Waals surface area contributed by atoms with Gasteiger partial charge in [0.05, 0.1) is 10.5 Å². The fraction of sp³-hybridized carbons (Fsp3) is 0.250. The van der Waals surface area contributed by atoms with Gasteiger partial charge in [-0.15, -0.1) is 13.2 Å². The molecule has 1 aliphatic heterocycles. The predicted molar refractivity (Wildman–Crippen MR) is 99.7 cm³/mol. The molecule has 0 fully saturated rings. The number of halogens is 3. The molecule has 0 aromatic heterocycles. The predicted octanol–water partition coefficient (Wildman–Crippen LogP) is 4.23. The van der Waals surface area contributed by atoms with Crippen LogP contribution < -0.4 is 4.74 Å². The standard InChI is InChI=1S/C20H17F3O5S/c1-19(2)18(24)16(12-4-8-14(9-5-12)27-20(21,22)23)17(28-19)13-6-10-15(11-7-13)29(3,25)26/h4-11H,1-3H3. The SMILES string of the molecule is CC1(C)OC(c2ccc(S(C)(=O)=O)cc2)=C(c2ccc(OC(F)(F)F)cc2)C1=O. The molecule has 3 rings (SSSR count). The zero-order chi connectivity index (χ0) is 21.6. The van der Waals surface area contributed by atoms with E-state index in [9.17, 15) is 26.4 Å². The third-order valence-corrected chi connectivity index (χ3v) is 5.41. The van der Waals surface area contributed by atoms with Crippen molar-refractivity contribution in [1.82, 2.24) is 0 Å². The number of ketones is 1. The Labute approximate surface area is 165 Å². The van der Waals surface area contributed by atoms with Gasteiger partial charge in [-0.1, -0.05) is 12.1 Å². The third kappa shape index (κ3) is 4.45. The van der Waals surface area contributed by atoms with Crippen LogP contribution in [-0.4, -0.2) is 32.4 Å². The zero-order valence-corrected chi connectivity index (χ0v) is 16.5. The molecule has 0 bridgehead atoms. The summed E-state index contributed by atoms with van der Waals surface area (Å²) >= 11 is 0. The molecule has 2 aromatic rings. The lowest BCUT2D eigenvalue weighted by Gasteiger charge is -2.17. The van der Waals surface area contributed by atoms with Gasteiger partial charge in [0.25, 0.3) is 0 Å². The van der Waals surface area contributed by atoms with Gasteiger partial charge in [0, 0.05) is 11.8 Å². The number of hydrogen-bond donors (Lipinski definition) is 0. The highest BCUT2D eigenvalue weighted by molar-refractivity contribution is 7.90. The fourth-order valence-corrected chi connectivity index (χ4v) is 3.53. The van der Waals surface area contributed by atoms with Crippen molar-refractivity contribution in [2.45, 2.75) is 30.7 Å². The highest BCUT2D eigenvalue weighted by atomic mass is 32.2. The first kappa shape index (κ1) is 20.9. The monoisotopic (exact) mass is 426 g/mol. The lowest BCUT2D eigenvalue weighted by molar-refractivity contribution is -0.274. The van der Waals surface area contributed by atoms with Gasteiger partial charge in [0.2, 0.25) is 5.78 Å². The summed E-state index contributed by atoms with van der Waals surface area (Å²) in [7, 11) is -3.39. The molecular formula is C20H17F3O5S. The maximum atomic E-state index is 12.9. The quantitative estimate of drug-likeness (QED) is 0.732. The molecular weight excluding hydrogens is 409 g/mol. The Morgan fingerprint density at radius 2 is 1.45 bits per heavy atom. The summed E-state index contributed by atoms with van der Waals surface area (Å²) in [5, 5.41) is 0. The Morgan fingerprint density at radius 3 is 1.93 bits per heavy atom. The maximum Gasteiger partial charge on any atom is 0.573 e.